The van der Waals surface area contributed by atoms with Crippen molar-refractivity contribution in [3.05, 3.63) is 39.5 Å². The molecule has 2 rings (SSSR count). The van der Waals surface area contributed by atoms with Gasteiger partial charge >= 0.3 is 6.03 Å². The number of hydrogen-bond acceptors (Lipinski definition) is 8. The quantitative estimate of drug-likeness (QED) is 0.288. The number of halogens is 1. The van der Waals surface area contributed by atoms with Crippen molar-refractivity contribution in [1.29, 1.82) is 0 Å². The molecule has 11 nitrogen and oxygen atoms in total. The summed E-state index contributed by atoms with van der Waals surface area (Å²) in [5.74, 6) is -0.640. The molecule has 0 atom stereocenters. The summed E-state index contributed by atoms with van der Waals surface area (Å²) in [4.78, 5) is 61.2. The molecule has 3 N–H and O–H groups in total. The third kappa shape index (κ3) is 10.0. The first kappa shape index (κ1) is 35.1. The van der Waals surface area contributed by atoms with Gasteiger partial charge in [-0.2, -0.15) is 0 Å². The van der Waals surface area contributed by atoms with Crippen molar-refractivity contribution >= 4 is 57.8 Å². The number of carbonyl (C=O) groups is 4. The standard InChI is InChI=1S/C29H44ClN7O4S/c1-19-11-10-12-20(22(19)30)32-27(41)34-24-23(33-26(42-24)28(2,3)4)25(40)37(29(5,6)18-38)16-15-36(9)17-21(39)31-13-14-35(7)8/h10-12,18H,13-17H2,1-9H3,(H,31,39)(H2,32,34,41). The fourth-order valence-corrected chi connectivity index (χ4v) is 4.97. The Balaban J connectivity index is 2.29. The lowest BCUT2D eigenvalue weighted by Crippen LogP contribution is -2.52. The zero-order valence-corrected chi connectivity index (χ0v) is 27.6. The average Bonchev–Trinajstić information content (AvgIpc) is 3.30. The van der Waals surface area contributed by atoms with Gasteiger partial charge in [-0.3, -0.25) is 19.8 Å². The van der Waals surface area contributed by atoms with E-state index >= 15 is 0 Å². The number of aldehydes is 1. The fraction of sp³-hybridized carbons (Fsp3) is 0.552. The van der Waals surface area contributed by atoms with Gasteiger partial charge in [-0.25, -0.2) is 9.78 Å². The summed E-state index contributed by atoms with van der Waals surface area (Å²) in [7, 11) is 5.63. The summed E-state index contributed by atoms with van der Waals surface area (Å²) in [6.45, 7) is 12.9. The van der Waals surface area contributed by atoms with Gasteiger partial charge in [0.05, 0.1) is 22.8 Å². The topological polar surface area (TPSA) is 127 Å². The van der Waals surface area contributed by atoms with Crippen LogP contribution in [0.25, 0.3) is 0 Å². The Morgan fingerprint density at radius 3 is 2.29 bits per heavy atom. The molecule has 0 fully saturated rings. The Bertz CT molecular complexity index is 1270. The molecule has 0 spiro atoms. The predicted molar refractivity (Wildman–Crippen MR) is 170 cm³/mol. The van der Waals surface area contributed by atoms with Crippen LogP contribution in [-0.4, -0.2) is 103 Å². The molecule has 1 aromatic heterocycles. The molecule has 0 aliphatic heterocycles. The molecular weight excluding hydrogens is 578 g/mol. The van der Waals surface area contributed by atoms with E-state index < -0.39 is 22.9 Å². The molecular formula is C29H44ClN7O4S. The normalized spacial score (nSPS) is 11.9. The van der Waals surface area contributed by atoms with Gasteiger partial charge in [0.25, 0.3) is 5.91 Å². The zero-order chi connectivity index (χ0) is 31.8. The highest BCUT2D eigenvalue weighted by molar-refractivity contribution is 7.16. The van der Waals surface area contributed by atoms with Crippen LogP contribution in [0.15, 0.2) is 18.2 Å². The van der Waals surface area contributed by atoms with Crippen LogP contribution in [0.5, 0.6) is 0 Å². The number of hydrogen-bond donors (Lipinski definition) is 3. The number of aryl methyl sites for hydroxylation is 1. The second-order valence-corrected chi connectivity index (χ2v) is 13.5. The Kier molecular flexibility index (Phi) is 12.5. The van der Waals surface area contributed by atoms with E-state index in [1.165, 1.54) is 16.2 Å². The number of likely N-dealkylation sites (N-methyl/N-ethyl adjacent to an activating group) is 2. The molecule has 0 radical (unpaired) electrons. The maximum absolute atomic E-state index is 14.0. The minimum Gasteiger partial charge on any atom is -0.354 e. The van der Waals surface area contributed by atoms with E-state index in [9.17, 15) is 19.2 Å². The van der Waals surface area contributed by atoms with Gasteiger partial charge in [0.1, 0.15) is 16.3 Å². The van der Waals surface area contributed by atoms with Gasteiger partial charge in [-0.15, -0.1) is 0 Å². The minimum atomic E-state index is -1.17. The highest BCUT2D eigenvalue weighted by Gasteiger charge is 2.35. The van der Waals surface area contributed by atoms with Gasteiger partial charge in [0, 0.05) is 31.6 Å². The van der Waals surface area contributed by atoms with Crippen molar-refractivity contribution in [3.8, 4) is 0 Å². The Morgan fingerprint density at radius 2 is 1.69 bits per heavy atom. The number of nitrogens with one attached hydrogen (secondary N) is 3. The molecule has 0 bridgehead atoms. The molecule has 1 aromatic carbocycles. The Hall–Kier alpha value is -3.06. The van der Waals surface area contributed by atoms with E-state index in [1.54, 1.807) is 37.9 Å². The Morgan fingerprint density at radius 1 is 1.02 bits per heavy atom. The van der Waals surface area contributed by atoms with Crippen molar-refractivity contribution in [1.82, 2.24) is 25.0 Å². The van der Waals surface area contributed by atoms with E-state index in [0.717, 1.165) is 12.1 Å². The lowest BCUT2D eigenvalue weighted by Gasteiger charge is -2.35. The first-order chi connectivity index (χ1) is 19.5. The fourth-order valence-electron chi connectivity index (χ4n) is 3.78. The number of urea groups is 1. The second-order valence-electron chi connectivity index (χ2n) is 12.1. The van der Waals surface area contributed by atoms with Crippen LogP contribution in [-0.2, 0) is 15.0 Å². The lowest BCUT2D eigenvalue weighted by molar-refractivity contribution is -0.122. The van der Waals surface area contributed by atoms with Gasteiger partial charge < -0.3 is 25.2 Å². The lowest BCUT2D eigenvalue weighted by atomic mass is 9.98. The van der Waals surface area contributed by atoms with Crippen molar-refractivity contribution < 1.29 is 19.2 Å². The molecule has 0 aliphatic carbocycles. The largest absolute Gasteiger partial charge is 0.354 e. The molecule has 1 heterocycles. The van der Waals surface area contributed by atoms with Crippen LogP contribution in [0, 0.1) is 6.92 Å². The summed E-state index contributed by atoms with van der Waals surface area (Å²) in [5, 5.41) is 9.68. The van der Waals surface area contributed by atoms with Crippen LogP contribution in [0.4, 0.5) is 15.5 Å². The molecule has 232 valence electrons. The molecule has 0 aliphatic rings. The SMILES string of the molecule is Cc1cccc(NC(=O)Nc2sc(C(C)(C)C)nc2C(=O)N(CCN(C)CC(=O)NCCN(C)C)C(C)(C)C=O)c1Cl. The Labute approximate surface area is 258 Å². The van der Waals surface area contributed by atoms with E-state index in [2.05, 4.69) is 20.9 Å². The zero-order valence-electron chi connectivity index (χ0n) is 26.1. The van der Waals surface area contributed by atoms with Gasteiger partial charge in [-0.1, -0.05) is 55.8 Å². The average molecular weight is 622 g/mol. The maximum atomic E-state index is 14.0. The number of aromatic nitrogens is 1. The second kappa shape index (κ2) is 14.9. The van der Waals surface area contributed by atoms with E-state index in [0.29, 0.717) is 35.1 Å². The van der Waals surface area contributed by atoms with Crippen LogP contribution in [0.3, 0.4) is 0 Å². The van der Waals surface area contributed by atoms with Gasteiger partial charge in [-0.05, 0) is 53.5 Å². The predicted octanol–water partition coefficient (Wildman–Crippen LogP) is 4.08. The summed E-state index contributed by atoms with van der Waals surface area (Å²) < 4.78 is 0. The van der Waals surface area contributed by atoms with E-state index in [1.807, 2.05) is 52.8 Å². The number of nitrogens with zero attached hydrogens (tertiary/aromatic N) is 4. The van der Waals surface area contributed by atoms with E-state index in [-0.39, 0.29) is 29.7 Å². The number of thiazole rings is 1. The molecule has 42 heavy (non-hydrogen) atoms. The number of benzene rings is 1. The third-order valence-electron chi connectivity index (χ3n) is 6.37. The minimum absolute atomic E-state index is 0.0365. The number of carbonyl (C=O) groups excluding carboxylic acids is 4. The van der Waals surface area contributed by atoms with Gasteiger partial charge in [0.2, 0.25) is 5.91 Å². The number of anilines is 2. The van der Waals surface area contributed by atoms with Crippen molar-refractivity contribution in [2.75, 3.05) is 64.5 Å². The molecule has 2 aromatic rings. The van der Waals surface area contributed by atoms with Crippen LogP contribution in [0.2, 0.25) is 5.02 Å². The number of amides is 4. The smallest absolute Gasteiger partial charge is 0.324 e. The first-order valence-corrected chi connectivity index (χ1v) is 14.9. The van der Waals surface area contributed by atoms with Crippen LogP contribution < -0.4 is 16.0 Å². The number of rotatable bonds is 13. The third-order valence-corrected chi connectivity index (χ3v) is 8.27. The molecule has 0 saturated carbocycles. The molecule has 0 unspecified atom stereocenters. The first-order valence-electron chi connectivity index (χ1n) is 13.7. The van der Waals surface area contributed by atoms with Gasteiger partial charge in [0.15, 0.2) is 5.69 Å². The van der Waals surface area contributed by atoms with Crippen LogP contribution in [0.1, 0.15) is 55.7 Å². The van der Waals surface area contributed by atoms with Crippen molar-refractivity contribution in [3.63, 3.8) is 0 Å². The van der Waals surface area contributed by atoms with Crippen molar-refractivity contribution in [2.45, 2.75) is 52.5 Å². The summed E-state index contributed by atoms with van der Waals surface area (Å²) in [6.07, 6.45) is 0.704. The highest BCUT2D eigenvalue weighted by Crippen LogP contribution is 2.35. The van der Waals surface area contributed by atoms with Crippen LogP contribution >= 0.6 is 22.9 Å². The molecule has 4 amide bonds. The molecule has 13 heteroatoms. The maximum Gasteiger partial charge on any atom is 0.324 e. The van der Waals surface area contributed by atoms with Crippen molar-refractivity contribution in [2.24, 2.45) is 0 Å². The summed E-state index contributed by atoms with van der Waals surface area (Å²) in [5.41, 5.74) is -0.303. The summed E-state index contributed by atoms with van der Waals surface area (Å²) in [6, 6.07) is 4.71. The monoisotopic (exact) mass is 621 g/mol. The summed E-state index contributed by atoms with van der Waals surface area (Å²) >= 11 is 7.55. The molecule has 0 saturated heterocycles. The highest BCUT2D eigenvalue weighted by atomic mass is 35.5. The van der Waals surface area contributed by atoms with E-state index in [4.69, 9.17) is 11.6 Å².